The molecule has 0 aliphatic heterocycles. The number of hydrogen-bond donors (Lipinski definition) is 0. The van der Waals surface area contributed by atoms with Crippen LogP contribution in [0.15, 0.2) is 17.8 Å². The molecule has 0 aromatic heterocycles. The molecule has 0 amide bonds. The van der Waals surface area contributed by atoms with Gasteiger partial charge in [0.15, 0.2) is 4.50 Å². The summed E-state index contributed by atoms with van der Waals surface area (Å²) in [6, 6.07) is 0. The average molecular weight is 136 g/mol. The predicted molar refractivity (Wildman–Crippen MR) is 37.0 cm³/mol. The second-order valence-corrected chi connectivity index (χ2v) is 2.15. The van der Waals surface area contributed by atoms with Gasteiger partial charge in [0.25, 0.3) is 0 Å². The Morgan fingerprint density at radius 3 is 2.71 bits per heavy atom. The van der Waals surface area contributed by atoms with Crippen LogP contribution in [-0.4, -0.2) is 10.8 Å². The van der Waals surface area contributed by atoms with Crippen LogP contribution in [0.25, 0.3) is 0 Å². The zero-order valence-corrected chi connectivity index (χ0v) is 5.59. The fourth-order valence-electron chi connectivity index (χ4n) is 0.124. The fourth-order valence-corrected chi connectivity index (χ4v) is 0.373. The monoisotopic (exact) mass is 135 g/mol. The van der Waals surface area contributed by atoms with Crippen molar-refractivity contribution in [2.45, 2.75) is 0 Å². The molecule has 0 saturated carbocycles. The van der Waals surface area contributed by atoms with Crippen LogP contribution >= 0.6 is 23.4 Å². The van der Waals surface area contributed by atoms with Crippen molar-refractivity contribution in [2.75, 3.05) is 6.26 Å². The molecule has 0 fully saturated rings. The van der Waals surface area contributed by atoms with Crippen molar-refractivity contribution in [2.24, 2.45) is 4.99 Å². The summed E-state index contributed by atoms with van der Waals surface area (Å²) in [7, 11) is 0. The second-order valence-electron chi connectivity index (χ2n) is 0.769. The number of thioether (sulfide) groups is 1. The average Bonchev–Trinajstić information content (AvgIpc) is 1.68. The lowest BCUT2D eigenvalue weighted by Crippen LogP contribution is -1.69. The first kappa shape index (κ1) is 7.05. The van der Waals surface area contributed by atoms with E-state index in [4.69, 9.17) is 11.6 Å². The Bertz CT molecular complexity index is 89.7. The molecule has 7 heavy (non-hydrogen) atoms. The highest BCUT2D eigenvalue weighted by atomic mass is 35.5. The van der Waals surface area contributed by atoms with Crippen molar-refractivity contribution >= 4 is 27.9 Å². The number of hydrogen-bond acceptors (Lipinski definition) is 2. The zero-order valence-electron chi connectivity index (χ0n) is 4.02. The van der Waals surface area contributed by atoms with Crippen molar-refractivity contribution in [3.63, 3.8) is 0 Å². The summed E-state index contributed by atoms with van der Waals surface area (Å²) in [5.41, 5.74) is 0. The predicted octanol–water partition coefficient (Wildman–Crippen LogP) is 2.09. The Labute approximate surface area is 52.5 Å². The minimum atomic E-state index is 0.523. The van der Waals surface area contributed by atoms with Crippen molar-refractivity contribution < 1.29 is 0 Å². The van der Waals surface area contributed by atoms with Crippen LogP contribution in [0, 0.1) is 0 Å². The van der Waals surface area contributed by atoms with Crippen LogP contribution in [0.1, 0.15) is 0 Å². The van der Waals surface area contributed by atoms with Gasteiger partial charge in [0.1, 0.15) is 0 Å². The van der Waals surface area contributed by atoms with Gasteiger partial charge < -0.3 is 0 Å². The zero-order chi connectivity index (χ0) is 5.70. The lowest BCUT2D eigenvalue weighted by molar-refractivity contribution is 1.64. The van der Waals surface area contributed by atoms with E-state index in [0.29, 0.717) is 4.50 Å². The van der Waals surface area contributed by atoms with Gasteiger partial charge in [0.05, 0.1) is 0 Å². The van der Waals surface area contributed by atoms with E-state index in [0.717, 1.165) is 0 Å². The van der Waals surface area contributed by atoms with Crippen LogP contribution in [0.5, 0.6) is 0 Å². The minimum absolute atomic E-state index is 0.523. The number of halogens is 1. The Balaban J connectivity index is 3.49. The van der Waals surface area contributed by atoms with Gasteiger partial charge in [0.2, 0.25) is 0 Å². The molecule has 0 aliphatic rings. The third-order valence-electron chi connectivity index (χ3n) is 0.361. The number of aliphatic imine (C=N–C) groups is 1. The molecular formula is C4H6ClNS. The Morgan fingerprint density at radius 1 is 2.00 bits per heavy atom. The van der Waals surface area contributed by atoms with Crippen LogP contribution < -0.4 is 0 Å². The first-order valence-electron chi connectivity index (χ1n) is 1.69. The summed E-state index contributed by atoms with van der Waals surface area (Å²) in [6.45, 7) is 3.36. The molecule has 0 heterocycles. The molecule has 0 bridgehead atoms. The van der Waals surface area contributed by atoms with E-state index in [1.165, 1.54) is 18.0 Å². The van der Waals surface area contributed by atoms with E-state index in [-0.39, 0.29) is 0 Å². The molecule has 0 spiro atoms. The fraction of sp³-hybridized carbons (Fsp3) is 0.250. The molecule has 0 N–H and O–H groups in total. The minimum Gasteiger partial charge on any atom is -0.238 e. The standard InChI is InChI=1S/C4H6ClNS/c1-3-6-4(5)7-2/h3H,1H2,2H3. The van der Waals surface area contributed by atoms with Crippen molar-refractivity contribution in [1.29, 1.82) is 0 Å². The van der Waals surface area contributed by atoms with Gasteiger partial charge in [-0.2, -0.15) is 0 Å². The van der Waals surface area contributed by atoms with Gasteiger partial charge in [0, 0.05) is 6.20 Å². The van der Waals surface area contributed by atoms with Gasteiger partial charge >= 0.3 is 0 Å². The summed E-state index contributed by atoms with van der Waals surface area (Å²) in [4.78, 5) is 3.65. The molecule has 0 aromatic carbocycles. The van der Waals surface area contributed by atoms with E-state index >= 15 is 0 Å². The largest absolute Gasteiger partial charge is 0.238 e. The SMILES string of the molecule is C=CN=C(Cl)SC. The molecule has 0 rings (SSSR count). The first-order valence-corrected chi connectivity index (χ1v) is 3.29. The highest BCUT2D eigenvalue weighted by Gasteiger charge is 1.81. The Morgan fingerprint density at radius 2 is 2.57 bits per heavy atom. The van der Waals surface area contributed by atoms with Crippen molar-refractivity contribution in [3.05, 3.63) is 12.8 Å². The van der Waals surface area contributed by atoms with E-state index < -0.39 is 0 Å². The Kier molecular flexibility index (Phi) is 4.25. The van der Waals surface area contributed by atoms with Crippen molar-refractivity contribution in [3.8, 4) is 0 Å². The maximum absolute atomic E-state index is 5.41. The summed E-state index contributed by atoms with van der Waals surface area (Å²) in [6.07, 6.45) is 3.27. The van der Waals surface area contributed by atoms with Gasteiger partial charge in [-0.25, -0.2) is 4.99 Å². The summed E-state index contributed by atoms with van der Waals surface area (Å²) in [5, 5.41) is 0. The van der Waals surface area contributed by atoms with Crippen LogP contribution in [0.3, 0.4) is 0 Å². The molecule has 3 heteroatoms. The van der Waals surface area contributed by atoms with Crippen molar-refractivity contribution in [1.82, 2.24) is 0 Å². The maximum atomic E-state index is 5.41. The van der Waals surface area contributed by atoms with Gasteiger partial charge in [-0.15, -0.1) is 0 Å². The van der Waals surface area contributed by atoms with Gasteiger partial charge in [-0.05, 0) is 6.26 Å². The maximum Gasteiger partial charge on any atom is 0.162 e. The number of rotatable bonds is 1. The lowest BCUT2D eigenvalue weighted by Gasteiger charge is -1.81. The molecule has 0 aromatic rings. The smallest absolute Gasteiger partial charge is 0.162 e. The Hall–Kier alpha value is 0.0500. The molecule has 0 unspecified atom stereocenters. The molecule has 1 nitrogen and oxygen atoms in total. The molecular weight excluding hydrogens is 130 g/mol. The summed E-state index contributed by atoms with van der Waals surface area (Å²) < 4.78 is 0.523. The lowest BCUT2D eigenvalue weighted by atomic mass is 11.1. The van der Waals surface area contributed by atoms with E-state index in [1.807, 2.05) is 6.26 Å². The van der Waals surface area contributed by atoms with E-state index in [9.17, 15) is 0 Å². The van der Waals surface area contributed by atoms with Gasteiger partial charge in [-0.1, -0.05) is 29.9 Å². The molecule has 0 radical (unpaired) electrons. The van der Waals surface area contributed by atoms with Crippen LogP contribution in [-0.2, 0) is 0 Å². The molecule has 40 valence electrons. The van der Waals surface area contributed by atoms with Crippen LogP contribution in [0.4, 0.5) is 0 Å². The topological polar surface area (TPSA) is 12.4 Å². The van der Waals surface area contributed by atoms with Gasteiger partial charge in [-0.3, -0.25) is 0 Å². The normalized spacial score (nSPS) is 11.4. The van der Waals surface area contributed by atoms with Crippen LogP contribution in [0.2, 0.25) is 0 Å². The van der Waals surface area contributed by atoms with E-state index in [1.54, 1.807) is 0 Å². The highest BCUT2D eigenvalue weighted by Crippen LogP contribution is 2.01. The first-order chi connectivity index (χ1) is 3.31. The summed E-state index contributed by atoms with van der Waals surface area (Å²) >= 11 is 6.80. The molecule has 0 atom stereocenters. The quantitative estimate of drug-likeness (QED) is 0.396. The third kappa shape index (κ3) is 3.89. The molecule has 0 saturated heterocycles. The third-order valence-corrected chi connectivity index (χ3v) is 1.36. The van der Waals surface area contributed by atoms with E-state index in [2.05, 4.69) is 11.6 Å². The number of nitrogens with zero attached hydrogens (tertiary/aromatic N) is 1. The summed E-state index contributed by atoms with van der Waals surface area (Å²) in [5.74, 6) is 0. The molecule has 0 aliphatic carbocycles. The second kappa shape index (κ2) is 4.22. The highest BCUT2D eigenvalue weighted by molar-refractivity contribution is 8.16.